The van der Waals surface area contributed by atoms with Gasteiger partial charge in [-0.05, 0) is 51.8 Å². The predicted octanol–water partition coefficient (Wildman–Crippen LogP) is 4.97. The van der Waals surface area contributed by atoms with Gasteiger partial charge in [0, 0.05) is 16.8 Å². The minimum absolute atomic E-state index is 0.245. The third-order valence-electron chi connectivity index (χ3n) is 3.51. The van der Waals surface area contributed by atoms with E-state index in [1.54, 1.807) is 6.20 Å². The van der Waals surface area contributed by atoms with Gasteiger partial charge in [0.15, 0.2) is 6.17 Å². The molecule has 3 aromatic rings. The Kier molecular flexibility index (Phi) is 4.43. The van der Waals surface area contributed by atoms with Crippen LogP contribution < -0.4 is 0 Å². The van der Waals surface area contributed by atoms with E-state index in [0.29, 0.717) is 5.02 Å². The Morgan fingerprint density at radius 3 is 2.41 bits per heavy atom. The quantitative estimate of drug-likeness (QED) is 0.572. The van der Waals surface area contributed by atoms with Crippen molar-refractivity contribution in [2.24, 2.45) is 0 Å². The zero-order chi connectivity index (χ0) is 15.9. The summed E-state index contributed by atoms with van der Waals surface area (Å²) >= 11 is 13.4. The molecule has 0 radical (unpaired) electrons. The minimum atomic E-state index is -0.245. The van der Waals surface area contributed by atoms with Crippen LogP contribution in [0.3, 0.4) is 0 Å². The molecule has 1 unspecified atom stereocenters. The van der Waals surface area contributed by atoms with Crippen LogP contribution >= 0.6 is 43.5 Å². The van der Waals surface area contributed by atoms with E-state index < -0.39 is 0 Å². The number of nitrogens with zero attached hydrogens (tertiary/aromatic N) is 4. The van der Waals surface area contributed by atoms with E-state index in [1.807, 2.05) is 53.7 Å². The first-order chi connectivity index (χ1) is 10.5. The number of hydrogen-bond acceptors (Lipinski definition) is 2. The molecule has 0 spiro atoms. The molecule has 4 nitrogen and oxygen atoms in total. The molecule has 0 amide bonds. The van der Waals surface area contributed by atoms with Gasteiger partial charge in [0.25, 0.3) is 0 Å². The molecule has 0 N–H and O–H groups in total. The first-order valence-corrected chi connectivity index (χ1v) is 8.60. The van der Waals surface area contributed by atoms with Crippen molar-refractivity contribution < 1.29 is 0 Å². The summed E-state index contributed by atoms with van der Waals surface area (Å²) in [6.45, 7) is 3.96. The van der Waals surface area contributed by atoms with Gasteiger partial charge in [-0.1, -0.05) is 29.8 Å². The lowest BCUT2D eigenvalue weighted by atomic mass is 10.1. The van der Waals surface area contributed by atoms with Gasteiger partial charge in [-0.25, -0.2) is 9.36 Å². The second-order valence-corrected chi connectivity index (χ2v) is 7.08. The van der Waals surface area contributed by atoms with Crippen molar-refractivity contribution in [2.45, 2.75) is 20.0 Å². The fraction of sp³-hybridized carbons (Fsp3) is 0.200. The first-order valence-electron chi connectivity index (χ1n) is 6.64. The number of halogens is 3. The van der Waals surface area contributed by atoms with Crippen LogP contribution in [0.15, 0.2) is 45.6 Å². The van der Waals surface area contributed by atoms with Gasteiger partial charge >= 0.3 is 0 Å². The summed E-state index contributed by atoms with van der Waals surface area (Å²) in [7, 11) is 0. The molecule has 0 bridgehead atoms. The molecular weight excluding hydrogens is 431 g/mol. The van der Waals surface area contributed by atoms with E-state index >= 15 is 0 Å². The van der Waals surface area contributed by atoms with Crippen LogP contribution in [0.5, 0.6) is 0 Å². The highest BCUT2D eigenvalue weighted by atomic mass is 79.9. The van der Waals surface area contributed by atoms with Gasteiger partial charge in [0.2, 0.25) is 0 Å². The molecule has 0 saturated carbocycles. The molecule has 2 heterocycles. The number of rotatable bonds is 3. The van der Waals surface area contributed by atoms with Crippen LogP contribution in [-0.4, -0.2) is 19.6 Å². The summed E-state index contributed by atoms with van der Waals surface area (Å²) in [6.07, 6.45) is 3.48. The highest BCUT2D eigenvalue weighted by molar-refractivity contribution is 9.10. The summed E-state index contributed by atoms with van der Waals surface area (Å²) in [5, 5.41) is 9.76. The van der Waals surface area contributed by atoms with Gasteiger partial charge in [-0.15, -0.1) is 0 Å². The van der Waals surface area contributed by atoms with Gasteiger partial charge in [-0.2, -0.15) is 10.2 Å². The molecule has 114 valence electrons. The molecule has 0 aliphatic heterocycles. The van der Waals surface area contributed by atoms with Gasteiger partial charge in [-0.3, -0.25) is 0 Å². The van der Waals surface area contributed by atoms with Crippen LogP contribution in [-0.2, 0) is 0 Å². The monoisotopic (exact) mass is 442 g/mol. The van der Waals surface area contributed by atoms with E-state index in [0.717, 1.165) is 25.9 Å². The summed E-state index contributed by atoms with van der Waals surface area (Å²) in [6, 6.07) is 7.75. The lowest BCUT2D eigenvalue weighted by Gasteiger charge is -2.21. The molecular formula is C15H13Br2ClN4. The zero-order valence-electron chi connectivity index (χ0n) is 12.0. The Hall–Kier alpha value is -1.11. The summed E-state index contributed by atoms with van der Waals surface area (Å²) in [5.74, 6) is 0. The Balaban J connectivity index is 2.23. The molecule has 0 fully saturated rings. The van der Waals surface area contributed by atoms with E-state index in [2.05, 4.69) is 42.1 Å². The van der Waals surface area contributed by atoms with Crippen molar-refractivity contribution in [1.29, 1.82) is 0 Å². The predicted molar refractivity (Wildman–Crippen MR) is 94.3 cm³/mol. The SMILES string of the molecule is Cc1nn(C(c2ccccc2Cl)n2ncc(Br)c2C)cc1Br. The smallest absolute Gasteiger partial charge is 0.170 e. The van der Waals surface area contributed by atoms with Crippen molar-refractivity contribution >= 4 is 43.5 Å². The van der Waals surface area contributed by atoms with Crippen LogP contribution in [0.1, 0.15) is 23.1 Å². The first kappa shape index (κ1) is 15.8. The molecule has 1 atom stereocenters. The lowest BCUT2D eigenvalue weighted by molar-refractivity contribution is 0.409. The van der Waals surface area contributed by atoms with E-state index in [4.69, 9.17) is 11.6 Å². The average molecular weight is 445 g/mol. The Bertz CT molecular complexity index is 805. The van der Waals surface area contributed by atoms with Crippen LogP contribution in [0.25, 0.3) is 0 Å². The van der Waals surface area contributed by atoms with Crippen LogP contribution in [0, 0.1) is 13.8 Å². The van der Waals surface area contributed by atoms with Gasteiger partial charge in [0.1, 0.15) is 0 Å². The summed E-state index contributed by atoms with van der Waals surface area (Å²) < 4.78 is 5.68. The second kappa shape index (κ2) is 6.18. The maximum atomic E-state index is 6.42. The fourth-order valence-electron chi connectivity index (χ4n) is 2.30. The molecule has 1 aromatic carbocycles. The van der Waals surface area contributed by atoms with Crippen LogP contribution in [0.2, 0.25) is 5.02 Å². The van der Waals surface area contributed by atoms with Crippen molar-refractivity contribution in [3.63, 3.8) is 0 Å². The highest BCUT2D eigenvalue weighted by Crippen LogP contribution is 2.30. The van der Waals surface area contributed by atoms with E-state index in [-0.39, 0.29) is 6.17 Å². The maximum absolute atomic E-state index is 6.42. The number of aryl methyl sites for hydroxylation is 1. The van der Waals surface area contributed by atoms with Crippen molar-refractivity contribution in [1.82, 2.24) is 19.6 Å². The molecule has 22 heavy (non-hydrogen) atoms. The maximum Gasteiger partial charge on any atom is 0.170 e. The van der Waals surface area contributed by atoms with Crippen molar-refractivity contribution in [3.8, 4) is 0 Å². The molecule has 3 rings (SSSR count). The van der Waals surface area contributed by atoms with E-state index in [9.17, 15) is 0 Å². The molecule has 0 aliphatic rings. The minimum Gasteiger partial charge on any atom is -0.242 e. The van der Waals surface area contributed by atoms with Crippen LogP contribution in [0.4, 0.5) is 0 Å². The highest BCUT2D eigenvalue weighted by Gasteiger charge is 2.23. The topological polar surface area (TPSA) is 35.6 Å². The van der Waals surface area contributed by atoms with Gasteiger partial charge < -0.3 is 0 Å². The zero-order valence-corrected chi connectivity index (χ0v) is 15.9. The lowest BCUT2D eigenvalue weighted by Crippen LogP contribution is -2.22. The Morgan fingerprint density at radius 2 is 1.86 bits per heavy atom. The largest absolute Gasteiger partial charge is 0.242 e. The summed E-state index contributed by atoms with van der Waals surface area (Å²) in [5.41, 5.74) is 2.87. The number of aromatic nitrogens is 4. The third kappa shape index (κ3) is 2.75. The van der Waals surface area contributed by atoms with Gasteiger partial charge in [0.05, 0.1) is 26.5 Å². The van der Waals surface area contributed by atoms with Crippen molar-refractivity contribution in [3.05, 3.63) is 67.6 Å². The molecule has 0 aliphatic carbocycles. The molecule has 7 heteroatoms. The fourth-order valence-corrected chi connectivity index (χ4v) is 3.10. The van der Waals surface area contributed by atoms with Crippen molar-refractivity contribution in [2.75, 3.05) is 0 Å². The summed E-state index contributed by atoms with van der Waals surface area (Å²) in [4.78, 5) is 0. The Labute approximate surface area is 150 Å². The molecule has 0 saturated heterocycles. The van der Waals surface area contributed by atoms with E-state index in [1.165, 1.54) is 0 Å². The Morgan fingerprint density at radius 1 is 1.14 bits per heavy atom. The molecule has 2 aromatic heterocycles. The second-order valence-electron chi connectivity index (χ2n) is 4.96. The number of hydrogen-bond donors (Lipinski definition) is 0. The number of benzene rings is 1. The average Bonchev–Trinajstić information content (AvgIpc) is 2.98. The normalized spacial score (nSPS) is 12.6. The third-order valence-corrected chi connectivity index (χ3v) is 5.41. The standard InChI is InChI=1S/C15H13Br2ClN4/c1-9-13(17)8-21(20-9)15(11-5-3-4-6-14(11)18)22-10(2)12(16)7-19-22/h3-8,15H,1-2H3.